The molecule has 25 heavy (non-hydrogen) atoms. The van der Waals surface area contributed by atoms with Crippen LogP contribution in [0, 0.1) is 11.8 Å². The third kappa shape index (κ3) is 3.09. The fourth-order valence-electron chi connectivity index (χ4n) is 3.73. The Morgan fingerprint density at radius 1 is 1.16 bits per heavy atom. The molecule has 4 atom stereocenters. The molecule has 7 nitrogen and oxygen atoms in total. The van der Waals surface area contributed by atoms with E-state index in [0.29, 0.717) is 6.54 Å². The summed E-state index contributed by atoms with van der Waals surface area (Å²) in [5.74, 6) is -1.61. The number of Topliss-reactive ketones (excluding diaryl/α,β-unsaturated/α-hetero) is 2. The normalized spacial score (nSPS) is 29.8. The number of aromatic nitrogens is 1. The number of aryl methyl sites for hydroxylation is 1. The van der Waals surface area contributed by atoms with E-state index in [9.17, 15) is 18.0 Å². The van der Waals surface area contributed by atoms with Crippen molar-refractivity contribution in [3.8, 4) is 0 Å². The summed E-state index contributed by atoms with van der Waals surface area (Å²) >= 11 is 0. The molecule has 1 aromatic rings. The molecule has 3 aliphatic rings. The standard InChI is InChI=1S/C16H17N2O5S.ClH/c19-14-12-11-4-7-18(10-11)13(12)15(20)16(14)23-24(21,22)9-8-17-5-2-1-3-6-17;/h1-7,11-13,16H,8-10H2;1H/q+1;/p-1. The summed E-state index contributed by atoms with van der Waals surface area (Å²) in [5, 5.41) is 0. The van der Waals surface area contributed by atoms with Gasteiger partial charge in [0.1, 0.15) is 11.8 Å². The third-order valence-electron chi connectivity index (χ3n) is 4.86. The van der Waals surface area contributed by atoms with Crippen LogP contribution in [0.3, 0.4) is 0 Å². The highest BCUT2D eigenvalue weighted by Crippen LogP contribution is 2.43. The van der Waals surface area contributed by atoms with Gasteiger partial charge < -0.3 is 17.3 Å². The molecule has 1 aliphatic carbocycles. The number of fused-ring (bicyclic) bond motifs is 5. The topological polar surface area (TPSA) is 84.6 Å². The van der Waals surface area contributed by atoms with Crippen LogP contribution in [0.2, 0.25) is 0 Å². The van der Waals surface area contributed by atoms with Crippen LogP contribution in [0.4, 0.5) is 0 Å². The third-order valence-corrected chi connectivity index (χ3v) is 6.03. The Kier molecular flexibility index (Phi) is 4.70. The molecule has 2 aliphatic heterocycles. The Bertz CT molecular complexity index is 796. The van der Waals surface area contributed by atoms with Gasteiger partial charge in [0.2, 0.25) is 0 Å². The first kappa shape index (κ1) is 18.0. The Labute approximate surface area is 151 Å². The lowest BCUT2D eigenvalue weighted by atomic mass is 9.91. The molecule has 1 saturated heterocycles. The van der Waals surface area contributed by atoms with E-state index in [1.165, 1.54) is 0 Å². The zero-order chi connectivity index (χ0) is 16.9. The van der Waals surface area contributed by atoms with Gasteiger partial charge in [-0.05, 0) is 6.20 Å². The number of rotatable bonds is 5. The van der Waals surface area contributed by atoms with Crippen LogP contribution in [0.15, 0.2) is 42.9 Å². The number of nitrogens with zero attached hydrogens (tertiary/aromatic N) is 2. The van der Waals surface area contributed by atoms with Gasteiger partial charge in [0.15, 0.2) is 36.6 Å². The van der Waals surface area contributed by atoms with Crippen LogP contribution in [-0.2, 0) is 30.4 Å². The molecule has 0 spiro atoms. The maximum atomic E-state index is 12.5. The molecule has 0 aromatic carbocycles. The highest BCUT2D eigenvalue weighted by molar-refractivity contribution is 7.86. The molecule has 3 heterocycles. The van der Waals surface area contributed by atoms with Gasteiger partial charge in [-0.1, -0.05) is 12.1 Å². The molecule has 0 amide bonds. The summed E-state index contributed by atoms with van der Waals surface area (Å²) in [5.41, 5.74) is 0. The van der Waals surface area contributed by atoms with E-state index in [4.69, 9.17) is 4.18 Å². The van der Waals surface area contributed by atoms with Crippen molar-refractivity contribution in [3.05, 3.63) is 42.9 Å². The molecule has 1 aromatic heterocycles. The van der Waals surface area contributed by atoms with Gasteiger partial charge >= 0.3 is 0 Å². The Hall–Kier alpha value is -1.77. The highest BCUT2D eigenvalue weighted by Gasteiger charge is 2.60. The van der Waals surface area contributed by atoms with Gasteiger partial charge in [-0.3, -0.25) is 13.8 Å². The van der Waals surface area contributed by atoms with Crippen molar-refractivity contribution in [2.24, 2.45) is 11.8 Å². The molecule has 0 radical (unpaired) electrons. The van der Waals surface area contributed by atoms with Crippen LogP contribution < -0.4 is 17.0 Å². The van der Waals surface area contributed by atoms with Crippen molar-refractivity contribution in [2.45, 2.75) is 18.7 Å². The summed E-state index contributed by atoms with van der Waals surface area (Å²) in [6.45, 7) is 0.846. The van der Waals surface area contributed by atoms with Crippen molar-refractivity contribution in [3.63, 3.8) is 0 Å². The smallest absolute Gasteiger partial charge is 0.274 e. The Morgan fingerprint density at radius 2 is 1.88 bits per heavy atom. The first-order valence-corrected chi connectivity index (χ1v) is 9.40. The number of pyridine rings is 1. The minimum Gasteiger partial charge on any atom is -1.00 e. The van der Waals surface area contributed by atoms with Crippen molar-refractivity contribution < 1.29 is 39.2 Å². The average Bonchev–Trinajstić information content (AvgIpc) is 3.24. The second-order valence-electron chi connectivity index (χ2n) is 6.33. The minimum atomic E-state index is -3.98. The van der Waals surface area contributed by atoms with Crippen molar-refractivity contribution >= 4 is 21.7 Å². The van der Waals surface area contributed by atoms with Gasteiger partial charge in [0.05, 0.1) is 5.92 Å². The van der Waals surface area contributed by atoms with E-state index >= 15 is 0 Å². The SMILES string of the molecule is O=C1C(OS(=O)(=O)CC[n+]2ccccc2)C(=O)C2C1C1C=CN2C1.[Cl-]. The molecule has 134 valence electrons. The zero-order valence-corrected chi connectivity index (χ0v) is 14.8. The maximum absolute atomic E-state index is 12.5. The lowest BCUT2D eigenvalue weighted by Crippen LogP contribution is -3.00. The maximum Gasteiger partial charge on any atom is 0.274 e. The lowest BCUT2D eigenvalue weighted by molar-refractivity contribution is -0.692. The van der Waals surface area contributed by atoms with Gasteiger partial charge in [-0.15, -0.1) is 0 Å². The summed E-state index contributed by atoms with van der Waals surface area (Å²) in [6.07, 6.45) is 5.69. The second kappa shape index (κ2) is 6.51. The highest BCUT2D eigenvalue weighted by atomic mass is 35.5. The van der Waals surface area contributed by atoms with E-state index in [1.54, 1.807) is 35.3 Å². The summed E-state index contributed by atoms with van der Waals surface area (Å²) in [4.78, 5) is 26.7. The van der Waals surface area contributed by atoms with E-state index in [-0.39, 0.29) is 30.6 Å². The predicted octanol–water partition coefficient (Wildman–Crippen LogP) is -3.71. The van der Waals surface area contributed by atoms with E-state index < -0.39 is 39.7 Å². The van der Waals surface area contributed by atoms with E-state index in [0.717, 1.165) is 0 Å². The number of carbonyl (C=O) groups is 2. The van der Waals surface area contributed by atoms with Gasteiger partial charge in [0, 0.05) is 24.6 Å². The quantitative estimate of drug-likeness (QED) is 0.295. The second-order valence-corrected chi connectivity index (χ2v) is 8.04. The predicted molar refractivity (Wildman–Crippen MR) is 81.9 cm³/mol. The number of hydrogen-bond donors (Lipinski definition) is 0. The first-order valence-electron chi connectivity index (χ1n) is 7.83. The van der Waals surface area contributed by atoms with Crippen molar-refractivity contribution in [1.29, 1.82) is 0 Å². The minimum absolute atomic E-state index is 0. The van der Waals surface area contributed by atoms with Crippen molar-refractivity contribution in [2.75, 3.05) is 12.3 Å². The number of carbonyl (C=O) groups excluding carboxylic acids is 2. The van der Waals surface area contributed by atoms with Gasteiger partial charge in [-0.25, -0.2) is 4.57 Å². The van der Waals surface area contributed by atoms with Crippen LogP contribution >= 0.6 is 0 Å². The van der Waals surface area contributed by atoms with Crippen LogP contribution in [0.1, 0.15) is 0 Å². The Morgan fingerprint density at radius 3 is 2.56 bits per heavy atom. The number of hydrogen-bond acceptors (Lipinski definition) is 6. The number of halogens is 1. The zero-order valence-electron chi connectivity index (χ0n) is 13.2. The van der Waals surface area contributed by atoms with E-state index in [1.807, 2.05) is 17.0 Å². The summed E-state index contributed by atoms with van der Waals surface area (Å²) in [7, 11) is -3.98. The van der Waals surface area contributed by atoms with Gasteiger partial charge in [-0.2, -0.15) is 8.42 Å². The largest absolute Gasteiger partial charge is 1.00 e. The molecule has 1 saturated carbocycles. The van der Waals surface area contributed by atoms with E-state index in [2.05, 4.69) is 0 Å². The van der Waals surface area contributed by atoms with Crippen LogP contribution in [0.5, 0.6) is 0 Å². The molecule has 4 rings (SSSR count). The molecule has 2 bridgehead atoms. The molecule has 9 heteroatoms. The molecule has 4 unspecified atom stereocenters. The fourth-order valence-corrected chi connectivity index (χ4v) is 4.75. The van der Waals surface area contributed by atoms with Gasteiger partial charge in [0.25, 0.3) is 10.1 Å². The Balaban J connectivity index is 0.00000182. The summed E-state index contributed by atoms with van der Waals surface area (Å²) in [6, 6.07) is 4.84. The fraction of sp³-hybridized carbons (Fsp3) is 0.438. The lowest BCUT2D eigenvalue weighted by Gasteiger charge is -2.20. The molecule has 0 N–H and O–H groups in total. The number of ketones is 2. The van der Waals surface area contributed by atoms with Crippen LogP contribution in [-0.4, -0.2) is 49.3 Å². The molecular weight excluding hydrogens is 368 g/mol. The monoisotopic (exact) mass is 384 g/mol. The summed E-state index contributed by atoms with van der Waals surface area (Å²) < 4.78 is 31.1. The first-order chi connectivity index (χ1) is 11.5. The molecule has 2 fully saturated rings. The molecular formula is C16H17ClN2O5S. The van der Waals surface area contributed by atoms with Crippen LogP contribution in [0.25, 0.3) is 0 Å². The van der Waals surface area contributed by atoms with Crippen molar-refractivity contribution in [1.82, 2.24) is 4.90 Å². The average molecular weight is 385 g/mol.